The Labute approximate surface area is 116 Å². The molecular weight excluding hydrogens is 298 g/mol. The highest BCUT2D eigenvalue weighted by Gasteiger charge is 2.13. The predicted octanol–water partition coefficient (Wildman–Crippen LogP) is 3.21. The largest absolute Gasteiger partial charge is 0.493 e. The summed E-state index contributed by atoms with van der Waals surface area (Å²) >= 11 is 3.31. The van der Waals surface area contributed by atoms with Crippen molar-refractivity contribution >= 4 is 27.5 Å². The Hall–Kier alpha value is -1.23. The number of amides is 1. The molecule has 0 saturated heterocycles. The van der Waals surface area contributed by atoms with Crippen molar-refractivity contribution in [1.82, 2.24) is 0 Å². The summed E-state index contributed by atoms with van der Waals surface area (Å²) in [7, 11) is 1.59. The summed E-state index contributed by atoms with van der Waals surface area (Å²) in [5.74, 6) is 1.21. The zero-order valence-electron chi connectivity index (χ0n) is 10.8. The number of anilines is 1. The van der Waals surface area contributed by atoms with E-state index in [2.05, 4.69) is 21.2 Å². The average Bonchev–Trinajstić information content (AvgIpc) is 2.38. The molecule has 18 heavy (non-hydrogen) atoms. The Kier molecular flexibility index (Phi) is 5.98. The van der Waals surface area contributed by atoms with Crippen molar-refractivity contribution in [3.8, 4) is 11.5 Å². The normalized spacial score (nSPS) is 11.8. The number of nitrogens with one attached hydrogen (secondary N) is 1. The SMILES string of the molecule is CCOc1cc(NC(=O)C(Br)CC)ccc1OC. The molecule has 1 amide bonds. The van der Waals surface area contributed by atoms with Crippen LogP contribution in [-0.4, -0.2) is 24.5 Å². The zero-order valence-corrected chi connectivity index (χ0v) is 12.4. The summed E-state index contributed by atoms with van der Waals surface area (Å²) in [5.41, 5.74) is 0.696. The van der Waals surface area contributed by atoms with Crippen LogP contribution in [-0.2, 0) is 4.79 Å². The van der Waals surface area contributed by atoms with Crippen molar-refractivity contribution in [1.29, 1.82) is 0 Å². The molecule has 0 aromatic heterocycles. The van der Waals surface area contributed by atoms with Crippen molar-refractivity contribution in [3.05, 3.63) is 18.2 Å². The molecule has 0 saturated carbocycles. The maximum atomic E-state index is 11.7. The van der Waals surface area contributed by atoms with Crippen LogP contribution in [0.4, 0.5) is 5.69 Å². The van der Waals surface area contributed by atoms with Crippen LogP contribution < -0.4 is 14.8 Å². The first-order valence-corrected chi connectivity index (χ1v) is 6.79. The molecular formula is C13H18BrNO3. The van der Waals surface area contributed by atoms with Gasteiger partial charge in [0.15, 0.2) is 11.5 Å². The van der Waals surface area contributed by atoms with E-state index in [4.69, 9.17) is 9.47 Å². The van der Waals surface area contributed by atoms with Gasteiger partial charge in [0.2, 0.25) is 5.91 Å². The van der Waals surface area contributed by atoms with E-state index in [0.717, 1.165) is 6.42 Å². The van der Waals surface area contributed by atoms with Crippen LogP contribution in [0.1, 0.15) is 20.3 Å². The van der Waals surface area contributed by atoms with E-state index in [9.17, 15) is 4.79 Å². The predicted molar refractivity (Wildman–Crippen MR) is 75.8 cm³/mol. The van der Waals surface area contributed by atoms with Gasteiger partial charge in [0.1, 0.15) is 0 Å². The first-order chi connectivity index (χ1) is 8.62. The number of halogens is 1. The van der Waals surface area contributed by atoms with E-state index < -0.39 is 0 Å². The molecule has 1 atom stereocenters. The lowest BCUT2D eigenvalue weighted by atomic mass is 10.2. The maximum absolute atomic E-state index is 11.7. The van der Waals surface area contributed by atoms with Gasteiger partial charge in [-0.2, -0.15) is 0 Å². The van der Waals surface area contributed by atoms with E-state index >= 15 is 0 Å². The van der Waals surface area contributed by atoms with Gasteiger partial charge in [0.25, 0.3) is 0 Å². The Morgan fingerprint density at radius 1 is 1.39 bits per heavy atom. The number of carbonyl (C=O) groups is 1. The second-order valence-electron chi connectivity index (χ2n) is 3.66. The van der Waals surface area contributed by atoms with Gasteiger partial charge in [0.05, 0.1) is 18.5 Å². The lowest BCUT2D eigenvalue weighted by Gasteiger charge is -2.13. The van der Waals surface area contributed by atoms with E-state index in [1.165, 1.54) is 0 Å². The highest BCUT2D eigenvalue weighted by molar-refractivity contribution is 9.10. The van der Waals surface area contributed by atoms with Gasteiger partial charge in [0, 0.05) is 11.8 Å². The highest BCUT2D eigenvalue weighted by atomic mass is 79.9. The van der Waals surface area contributed by atoms with Gasteiger partial charge in [-0.3, -0.25) is 4.79 Å². The molecule has 0 aliphatic heterocycles. The molecule has 0 aliphatic carbocycles. The summed E-state index contributed by atoms with van der Waals surface area (Å²) in [6.07, 6.45) is 0.736. The molecule has 1 rings (SSSR count). The molecule has 4 nitrogen and oxygen atoms in total. The molecule has 0 spiro atoms. The van der Waals surface area contributed by atoms with E-state index in [1.807, 2.05) is 13.8 Å². The molecule has 5 heteroatoms. The minimum atomic E-state index is -0.185. The monoisotopic (exact) mass is 315 g/mol. The van der Waals surface area contributed by atoms with Gasteiger partial charge >= 0.3 is 0 Å². The fraction of sp³-hybridized carbons (Fsp3) is 0.462. The van der Waals surface area contributed by atoms with E-state index in [-0.39, 0.29) is 10.7 Å². The molecule has 1 aromatic carbocycles. The lowest BCUT2D eigenvalue weighted by Crippen LogP contribution is -2.21. The summed E-state index contributed by atoms with van der Waals surface area (Å²) in [5, 5.41) is 2.82. The van der Waals surface area contributed by atoms with Gasteiger partial charge < -0.3 is 14.8 Å². The standard InChI is InChI=1S/C13H18BrNO3/c1-4-10(14)13(16)15-9-6-7-11(17-3)12(8-9)18-5-2/h6-8,10H,4-5H2,1-3H3,(H,15,16). The molecule has 0 heterocycles. The summed E-state index contributed by atoms with van der Waals surface area (Å²) in [6.45, 7) is 4.39. The van der Waals surface area contributed by atoms with Gasteiger partial charge in [-0.05, 0) is 25.5 Å². The van der Waals surface area contributed by atoms with Crippen LogP contribution in [0.25, 0.3) is 0 Å². The van der Waals surface area contributed by atoms with Crippen molar-refractivity contribution in [2.24, 2.45) is 0 Å². The third-order valence-electron chi connectivity index (χ3n) is 2.37. The Bertz CT molecular complexity index is 409. The fourth-order valence-electron chi connectivity index (χ4n) is 1.43. The average molecular weight is 316 g/mol. The summed E-state index contributed by atoms with van der Waals surface area (Å²) < 4.78 is 10.6. The van der Waals surface area contributed by atoms with Gasteiger partial charge in [-0.15, -0.1) is 0 Å². The third-order valence-corrected chi connectivity index (χ3v) is 3.44. The van der Waals surface area contributed by atoms with Crippen LogP contribution in [0, 0.1) is 0 Å². The van der Waals surface area contributed by atoms with Crippen LogP contribution in [0.15, 0.2) is 18.2 Å². The molecule has 0 bridgehead atoms. The topological polar surface area (TPSA) is 47.6 Å². The first-order valence-electron chi connectivity index (χ1n) is 5.88. The number of benzene rings is 1. The summed E-state index contributed by atoms with van der Waals surface area (Å²) in [4.78, 5) is 11.6. The van der Waals surface area contributed by atoms with E-state index in [0.29, 0.717) is 23.8 Å². The van der Waals surface area contributed by atoms with Crippen molar-refractivity contribution in [2.75, 3.05) is 19.0 Å². The molecule has 100 valence electrons. The quantitative estimate of drug-likeness (QED) is 0.820. The van der Waals surface area contributed by atoms with E-state index in [1.54, 1.807) is 25.3 Å². The van der Waals surface area contributed by atoms with Crippen LogP contribution in [0.3, 0.4) is 0 Å². The van der Waals surface area contributed by atoms with Crippen molar-refractivity contribution in [2.45, 2.75) is 25.1 Å². The second-order valence-corrected chi connectivity index (χ2v) is 4.77. The number of alkyl halides is 1. The Morgan fingerprint density at radius 3 is 2.67 bits per heavy atom. The first kappa shape index (κ1) is 14.8. The number of hydrogen-bond acceptors (Lipinski definition) is 3. The number of methoxy groups -OCH3 is 1. The van der Waals surface area contributed by atoms with Crippen LogP contribution in [0.5, 0.6) is 11.5 Å². The van der Waals surface area contributed by atoms with Crippen molar-refractivity contribution in [3.63, 3.8) is 0 Å². The molecule has 1 N–H and O–H groups in total. The molecule has 1 aromatic rings. The highest BCUT2D eigenvalue weighted by Crippen LogP contribution is 2.30. The number of rotatable bonds is 6. The Balaban J connectivity index is 2.84. The number of ether oxygens (including phenoxy) is 2. The molecule has 0 fully saturated rings. The third kappa shape index (κ3) is 3.91. The number of carbonyl (C=O) groups excluding carboxylic acids is 1. The summed E-state index contributed by atoms with van der Waals surface area (Å²) in [6, 6.07) is 5.32. The lowest BCUT2D eigenvalue weighted by molar-refractivity contribution is -0.115. The zero-order chi connectivity index (χ0) is 13.5. The minimum Gasteiger partial charge on any atom is -0.493 e. The second kappa shape index (κ2) is 7.26. The van der Waals surface area contributed by atoms with Gasteiger partial charge in [-0.1, -0.05) is 22.9 Å². The van der Waals surface area contributed by atoms with Crippen LogP contribution in [0.2, 0.25) is 0 Å². The van der Waals surface area contributed by atoms with Gasteiger partial charge in [-0.25, -0.2) is 0 Å². The fourth-order valence-corrected chi connectivity index (χ4v) is 1.54. The Morgan fingerprint density at radius 2 is 2.11 bits per heavy atom. The maximum Gasteiger partial charge on any atom is 0.238 e. The molecule has 0 aliphatic rings. The molecule has 1 unspecified atom stereocenters. The smallest absolute Gasteiger partial charge is 0.238 e. The number of hydrogen-bond donors (Lipinski definition) is 1. The van der Waals surface area contributed by atoms with Crippen LogP contribution >= 0.6 is 15.9 Å². The minimum absolute atomic E-state index is 0.0647. The molecule has 0 radical (unpaired) electrons. The van der Waals surface area contributed by atoms with Crippen molar-refractivity contribution < 1.29 is 14.3 Å².